The topological polar surface area (TPSA) is 18.5 Å². The third kappa shape index (κ3) is 3.17. The monoisotopic (exact) mass is 322 g/mol. The second-order valence-corrected chi connectivity index (χ2v) is 4.00. The lowest BCUT2D eigenvalue weighted by Crippen LogP contribution is -1.98. The second kappa shape index (κ2) is 6.30. The van der Waals surface area contributed by atoms with Gasteiger partial charge in [0, 0.05) is 22.3 Å². The molecule has 0 unspecified atom stereocenters. The van der Waals surface area contributed by atoms with Gasteiger partial charge in [-0.1, -0.05) is 37.9 Å². The average Bonchev–Trinajstić information content (AvgIpc) is 2.25. The van der Waals surface area contributed by atoms with Crippen molar-refractivity contribution >= 4 is 31.9 Å². The summed E-state index contributed by atoms with van der Waals surface area (Å²) in [5, 5.41) is 1.62. The zero-order chi connectivity index (χ0) is 10.4. The Hall–Kier alpha value is -0.220. The fourth-order valence-corrected chi connectivity index (χ4v) is 1.71. The molecule has 1 aromatic rings. The summed E-state index contributed by atoms with van der Waals surface area (Å²) in [4.78, 5) is 0. The maximum atomic E-state index is 5.45. The van der Waals surface area contributed by atoms with Crippen molar-refractivity contribution in [3.05, 3.63) is 23.8 Å². The molecule has 14 heavy (non-hydrogen) atoms. The first-order chi connectivity index (χ1) is 6.81. The zero-order valence-corrected chi connectivity index (χ0v) is 11.1. The third-order valence-electron chi connectivity index (χ3n) is 1.75. The maximum absolute atomic E-state index is 5.45. The number of benzene rings is 1. The first-order valence-electron chi connectivity index (χ1n) is 4.23. The molecule has 0 N–H and O–H groups in total. The second-order valence-electron chi connectivity index (χ2n) is 2.64. The third-order valence-corrected chi connectivity index (χ3v) is 2.68. The number of hydrogen-bond donors (Lipinski definition) is 0. The predicted octanol–water partition coefficient (Wildman–Crippen LogP) is 3.36. The summed E-state index contributed by atoms with van der Waals surface area (Å²) in [6.07, 6.45) is 0. The van der Waals surface area contributed by atoms with Gasteiger partial charge in [0.2, 0.25) is 0 Å². The largest absolute Gasteiger partial charge is 0.496 e. The molecule has 0 radical (unpaired) electrons. The van der Waals surface area contributed by atoms with E-state index in [1.54, 1.807) is 7.11 Å². The first-order valence-corrected chi connectivity index (χ1v) is 6.47. The van der Waals surface area contributed by atoms with Crippen LogP contribution in [0.3, 0.4) is 0 Å². The summed E-state index contributed by atoms with van der Waals surface area (Å²) in [6.45, 7) is 0.664. The Kier molecular flexibility index (Phi) is 5.33. The minimum absolute atomic E-state index is 0.664. The Morgan fingerprint density at radius 2 is 2.07 bits per heavy atom. The van der Waals surface area contributed by atoms with Crippen LogP contribution in [0.5, 0.6) is 11.5 Å². The van der Waals surface area contributed by atoms with Crippen molar-refractivity contribution < 1.29 is 9.47 Å². The van der Waals surface area contributed by atoms with Crippen molar-refractivity contribution in [3.8, 4) is 11.5 Å². The van der Waals surface area contributed by atoms with Gasteiger partial charge in [-0.15, -0.1) is 0 Å². The molecule has 2 nitrogen and oxygen atoms in total. The molecular weight excluding hydrogens is 312 g/mol. The molecule has 0 amide bonds. The van der Waals surface area contributed by atoms with Crippen LogP contribution in [0.25, 0.3) is 0 Å². The highest BCUT2D eigenvalue weighted by molar-refractivity contribution is 9.09. The van der Waals surface area contributed by atoms with Crippen LogP contribution in [-0.2, 0) is 5.33 Å². The molecule has 0 fully saturated rings. The number of rotatable bonds is 5. The molecule has 4 heteroatoms. The minimum Gasteiger partial charge on any atom is -0.496 e. The number of hydrogen-bond acceptors (Lipinski definition) is 2. The lowest BCUT2D eigenvalue weighted by molar-refractivity contribution is 0.340. The first kappa shape index (κ1) is 11.9. The summed E-state index contributed by atoms with van der Waals surface area (Å²) < 4.78 is 10.7. The predicted molar refractivity (Wildman–Crippen MR) is 64.9 cm³/mol. The highest BCUT2D eigenvalue weighted by atomic mass is 79.9. The Bertz CT molecular complexity index is 289. The molecule has 0 bridgehead atoms. The van der Waals surface area contributed by atoms with Crippen LogP contribution in [0, 0.1) is 0 Å². The molecule has 1 aromatic carbocycles. The van der Waals surface area contributed by atoms with Crippen molar-refractivity contribution in [1.29, 1.82) is 0 Å². The van der Waals surface area contributed by atoms with Gasteiger partial charge in [-0.05, 0) is 6.07 Å². The zero-order valence-electron chi connectivity index (χ0n) is 7.93. The molecule has 0 aromatic heterocycles. The lowest BCUT2D eigenvalue weighted by atomic mass is 10.2. The van der Waals surface area contributed by atoms with Crippen molar-refractivity contribution in [2.24, 2.45) is 0 Å². The Morgan fingerprint density at radius 3 is 2.64 bits per heavy atom. The molecule has 0 heterocycles. The highest BCUT2D eigenvalue weighted by Crippen LogP contribution is 2.26. The fourth-order valence-electron chi connectivity index (χ4n) is 1.08. The van der Waals surface area contributed by atoms with E-state index in [0.29, 0.717) is 6.61 Å². The van der Waals surface area contributed by atoms with E-state index in [1.165, 1.54) is 0 Å². The van der Waals surface area contributed by atoms with Crippen molar-refractivity contribution in [3.63, 3.8) is 0 Å². The highest BCUT2D eigenvalue weighted by Gasteiger charge is 2.03. The fraction of sp³-hybridized carbons (Fsp3) is 0.400. The summed E-state index contributed by atoms with van der Waals surface area (Å²) in [5.74, 6) is 1.69. The van der Waals surface area contributed by atoms with Gasteiger partial charge in [0.05, 0.1) is 13.7 Å². The van der Waals surface area contributed by atoms with Crippen molar-refractivity contribution in [1.82, 2.24) is 0 Å². The van der Waals surface area contributed by atoms with E-state index in [9.17, 15) is 0 Å². The molecule has 0 spiro atoms. The van der Waals surface area contributed by atoms with E-state index >= 15 is 0 Å². The van der Waals surface area contributed by atoms with Crippen LogP contribution in [-0.4, -0.2) is 19.0 Å². The smallest absolute Gasteiger partial charge is 0.126 e. The summed E-state index contributed by atoms with van der Waals surface area (Å²) in [5.41, 5.74) is 1.12. The van der Waals surface area contributed by atoms with Gasteiger partial charge < -0.3 is 9.47 Å². The van der Waals surface area contributed by atoms with Crippen LogP contribution >= 0.6 is 31.9 Å². The number of methoxy groups -OCH3 is 1. The van der Waals surface area contributed by atoms with Gasteiger partial charge in [-0.25, -0.2) is 0 Å². The molecule has 0 aliphatic heterocycles. The van der Waals surface area contributed by atoms with Gasteiger partial charge in [0.1, 0.15) is 11.5 Å². The van der Waals surface area contributed by atoms with Gasteiger partial charge in [-0.2, -0.15) is 0 Å². The summed E-state index contributed by atoms with van der Waals surface area (Å²) in [6, 6.07) is 5.85. The van der Waals surface area contributed by atoms with Crippen LogP contribution in [0.1, 0.15) is 5.56 Å². The van der Waals surface area contributed by atoms with E-state index in [4.69, 9.17) is 9.47 Å². The Morgan fingerprint density at radius 1 is 1.29 bits per heavy atom. The number of halogens is 2. The molecule has 0 aliphatic carbocycles. The molecule has 78 valence electrons. The lowest BCUT2D eigenvalue weighted by Gasteiger charge is -2.09. The van der Waals surface area contributed by atoms with Crippen molar-refractivity contribution in [2.45, 2.75) is 5.33 Å². The standard InChI is InChI=1S/C10H12Br2O2/c1-13-10-6-9(14-5-4-11)3-2-8(10)7-12/h2-3,6H,4-5,7H2,1H3. The summed E-state index contributed by atoms with van der Waals surface area (Å²) in [7, 11) is 1.66. The maximum Gasteiger partial charge on any atom is 0.126 e. The van der Waals surface area contributed by atoms with E-state index in [-0.39, 0.29) is 0 Å². The van der Waals surface area contributed by atoms with E-state index in [2.05, 4.69) is 31.9 Å². The molecule has 0 aliphatic rings. The van der Waals surface area contributed by atoms with E-state index in [0.717, 1.165) is 27.7 Å². The molecular formula is C10H12Br2O2. The average molecular weight is 324 g/mol. The quantitative estimate of drug-likeness (QED) is 0.774. The van der Waals surface area contributed by atoms with E-state index < -0.39 is 0 Å². The Balaban J connectivity index is 2.79. The van der Waals surface area contributed by atoms with Crippen molar-refractivity contribution in [2.75, 3.05) is 19.0 Å². The van der Waals surface area contributed by atoms with Crippen LogP contribution in [0.4, 0.5) is 0 Å². The molecule has 0 atom stereocenters. The van der Waals surface area contributed by atoms with Crippen LogP contribution in [0.15, 0.2) is 18.2 Å². The number of alkyl halides is 2. The van der Waals surface area contributed by atoms with Gasteiger partial charge in [-0.3, -0.25) is 0 Å². The molecule has 0 saturated heterocycles. The number of ether oxygens (including phenoxy) is 2. The van der Waals surface area contributed by atoms with Gasteiger partial charge >= 0.3 is 0 Å². The normalized spacial score (nSPS) is 9.93. The van der Waals surface area contributed by atoms with E-state index in [1.807, 2.05) is 18.2 Å². The van der Waals surface area contributed by atoms with Gasteiger partial charge in [0.15, 0.2) is 0 Å². The van der Waals surface area contributed by atoms with Gasteiger partial charge in [0.25, 0.3) is 0 Å². The molecule has 0 saturated carbocycles. The van der Waals surface area contributed by atoms with Crippen LogP contribution < -0.4 is 9.47 Å². The Labute approximate surface area is 101 Å². The SMILES string of the molecule is COc1cc(OCCBr)ccc1CBr. The molecule has 1 rings (SSSR count). The van der Waals surface area contributed by atoms with Crippen LogP contribution in [0.2, 0.25) is 0 Å². The minimum atomic E-state index is 0.664. The summed E-state index contributed by atoms with van der Waals surface area (Å²) >= 11 is 6.70.